The Morgan fingerprint density at radius 3 is 2.71 bits per heavy atom. The first-order valence-electron chi connectivity index (χ1n) is 13.4. The van der Waals surface area contributed by atoms with Crippen molar-refractivity contribution in [1.29, 1.82) is 0 Å². The lowest BCUT2D eigenvalue weighted by Crippen LogP contribution is -2.61. The molecule has 0 unspecified atom stereocenters. The number of nitrogens with zero attached hydrogens (tertiary/aromatic N) is 8. The number of benzene rings is 1. The number of rotatable bonds is 6. The summed E-state index contributed by atoms with van der Waals surface area (Å²) in [6.07, 6.45) is 6.33. The van der Waals surface area contributed by atoms with E-state index >= 15 is 0 Å². The van der Waals surface area contributed by atoms with Crippen molar-refractivity contribution >= 4 is 45.4 Å². The minimum Gasteiger partial charge on any atom is -0.455 e. The molecule has 41 heavy (non-hydrogen) atoms. The van der Waals surface area contributed by atoms with Gasteiger partial charge < -0.3 is 24.4 Å². The van der Waals surface area contributed by atoms with Gasteiger partial charge in [0.2, 0.25) is 5.91 Å². The van der Waals surface area contributed by atoms with Gasteiger partial charge in [0, 0.05) is 38.4 Å². The van der Waals surface area contributed by atoms with Crippen LogP contribution in [0, 0.1) is 6.92 Å². The Morgan fingerprint density at radius 2 is 1.93 bits per heavy atom. The van der Waals surface area contributed by atoms with Gasteiger partial charge in [-0.15, -0.1) is 0 Å². The van der Waals surface area contributed by atoms with Crippen LogP contribution in [0.15, 0.2) is 67.9 Å². The van der Waals surface area contributed by atoms with E-state index in [0.717, 1.165) is 39.5 Å². The van der Waals surface area contributed by atoms with Gasteiger partial charge >= 0.3 is 0 Å². The summed E-state index contributed by atoms with van der Waals surface area (Å²) < 4.78 is 7.99. The molecule has 208 valence electrons. The summed E-state index contributed by atoms with van der Waals surface area (Å²) in [5, 5.41) is 3.41. The fraction of sp³-hybridized carbons (Fsp3) is 0.267. The molecule has 0 spiro atoms. The summed E-state index contributed by atoms with van der Waals surface area (Å²) in [7, 11) is 1.91. The highest BCUT2D eigenvalue weighted by Gasteiger charge is 2.36. The Balaban J connectivity index is 1.23. The zero-order valence-corrected chi connectivity index (χ0v) is 23.5. The van der Waals surface area contributed by atoms with Crippen LogP contribution in [-0.2, 0) is 11.8 Å². The zero-order chi connectivity index (χ0) is 28.7. The molecule has 5 heterocycles. The average Bonchev–Trinajstić information content (AvgIpc) is 3.33. The van der Waals surface area contributed by atoms with Crippen LogP contribution in [0.5, 0.6) is 11.5 Å². The first-order chi connectivity index (χ1) is 19.7. The molecule has 6 rings (SSSR count). The van der Waals surface area contributed by atoms with Crippen LogP contribution in [-0.4, -0.2) is 65.5 Å². The summed E-state index contributed by atoms with van der Waals surface area (Å²) in [5.41, 5.74) is 4.40. The SMILES string of the molecule is C=CC(=O)N1CCN(c2ccc3ncnc(Nc4ccc(Oc5cnc6c(c5)ncn6C)c(C)c4)c3n2)CC1(C)C. The van der Waals surface area contributed by atoms with E-state index in [1.165, 1.54) is 12.4 Å². The van der Waals surface area contributed by atoms with Crippen molar-refractivity contribution in [3.05, 3.63) is 73.5 Å². The van der Waals surface area contributed by atoms with E-state index in [4.69, 9.17) is 9.72 Å². The van der Waals surface area contributed by atoms with E-state index in [-0.39, 0.29) is 11.4 Å². The van der Waals surface area contributed by atoms with Gasteiger partial charge in [-0.2, -0.15) is 0 Å². The number of piperazine rings is 1. The lowest BCUT2D eigenvalue weighted by molar-refractivity contribution is -0.131. The highest BCUT2D eigenvalue weighted by Crippen LogP contribution is 2.31. The smallest absolute Gasteiger partial charge is 0.246 e. The van der Waals surface area contributed by atoms with Crippen LogP contribution < -0.4 is 15.0 Å². The second-order valence-corrected chi connectivity index (χ2v) is 10.8. The summed E-state index contributed by atoms with van der Waals surface area (Å²) in [6.45, 7) is 11.6. The highest BCUT2D eigenvalue weighted by atomic mass is 16.5. The molecular formula is C30H31N9O2. The number of imidazole rings is 1. The predicted molar refractivity (Wildman–Crippen MR) is 159 cm³/mol. The standard InChI is InChI=1S/C30H31N9O2/c1-6-26(40)39-12-11-38(16-30(39,3)4)25-10-8-22-27(36-25)28(33-17-32-22)35-20-7-9-24(19(2)13-20)41-21-14-23-29(31-15-21)37(5)18-34-23/h6-10,13-15,17-18H,1,11-12,16H2,2-5H3,(H,32,33,35). The van der Waals surface area contributed by atoms with Crippen LogP contribution in [0.1, 0.15) is 19.4 Å². The summed E-state index contributed by atoms with van der Waals surface area (Å²) in [5.74, 6) is 2.70. The quantitative estimate of drug-likeness (QED) is 0.299. The number of carbonyl (C=O) groups is 1. The number of pyridine rings is 2. The number of carbonyl (C=O) groups excluding carboxylic acids is 1. The molecule has 1 aliphatic heterocycles. The molecule has 1 aliphatic rings. The van der Waals surface area contributed by atoms with Crippen molar-refractivity contribution in [2.75, 3.05) is 29.9 Å². The van der Waals surface area contributed by atoms with Crippen LogP contribution in [0.4, 0.5) is 17.3 Å². The van der Waals surface area contributed by atoms with Crippen molar-refractivity contribution in [2.24, 2.45) is 7.05 Å². The molecule has 11 nitrogen and oxygen atoms in total. The zero-order valence-electron chi connectivity index (χ0n) is 23.5. The highest BCUT2D eigenvalue weighted by molar-refractivity contribution is 5.89. The third-order valence-electron chi connectivity index (χ3n) is 7.33. The molecular weight excluding hydrogens is 518 g/mol. The molecule has 11 heteroatoms. The summed E-state index contributed by atoms with van der Waals surface area (Å²) in [6, 6.07) is 11.6. The van der Waals surface area contributed by atoms with Gasteiger partial charge in [-0.05, 0) is 62.7 Å². The van der Waals surface area contributed by atoms with Crippen molar-refractivity contribution in [3.63, 3.8) is 0 Å². The molecule has 1 aromatic carbocycles. The fourth-order valence-electron chi connectivity index (χ4n) is 5.23. The van der Waals surface area contributed by atoms with E-state index in [1.807, 2.05) is 59.8 Å². The molecule has 1 N–H and O–H groups in total. The molecule has 0 bridgehead atoms. The average molecular weight is 550 g/mol. The maximum Gasteiger partial charge on any atom is 0.246 e. The number of amides is 1. The van der Waals surface area contributed by atoms with Crippen molar-refractivity contribution < 1.29 is 9.53 Å². The molecule has 0 saturated carbocycles. The number of ether oxygens (including phenoxy) is 1. The minimum absolute atomic E-state index is 0.0568. The van der Waals surface area contributed by atoms with Gasteiger partial charge in [-0.1, -0.05) is 6.58 Å². The van der Waals surface area contributed by atoms with Crippen LogP contribution in [0.2, 0.25) is 0 Å². The lowest BCUT2D eigenvalue weighted by atomic mass is 9.98. The van der Waals surface area contributed by atoms with Gasteiger partial charge in [0.15, 0.2) is 11.5 Å². The van der Waals surface area contributed by atoms with Crippen molar-refractivity contribution in [1.82, 2.24) is 34.4 Å². The Labute approximate surface area is 237 Å². The normalized spacial score (nSPS) is 14.8. The molecule has 1 amide bonds. The van der Waals surface area contributed by atoms with E-state index in [9.17, 15) is 4.79 Å². The second kappa shape index (κ2) is 10.2. The Kier molecular flexibility index (Phi) is 6.49. The first kappa shape index (κ1) is 26.2. The Bertz CT molecular complexity index is 1800. The van der Waals surface area contributed by atoms with Gasteiger partial charge in [0.25, 0.3) is 0 Å². The van der Waals surface area contributed by atoms with Crippen LogP contribution in [0.3, 0.4) is 0 Å². The van der Waals surface area contributed by atoms with Crippen LogP contribution in [0.25, 0.3) is 22.2 Å². The molecule has 5 aromatic rings. The number of hydrogen-bond acceptors (Lipinski definition) is 9. The predicted octanol–water partition coefficient (Wildman–Crippen LogP) is 4.76. The van der Waals surface area contributed by atoms with Gasteiger partial charge in [-0.25, -0.2) is 24.9 Å². The van der Waals surface area contributed by atoms with Gasteiger partial charge in [0.05, 0.1) is 23.6 Å². The number of anilines is 3. The topological polar surface area (TPSA) is 114 Å². The van der Waals surface area contributed by atoms with E-state index in [1.54, 1.807) is 12.5 Å². The van der Waals surface area contributed by atoms with Crippen molar-refractivity contribution in [3.8, 4) is 11.5 Å². The molecule has 1 saturated heterocycles. The maximum absolute atomic E-state index is 12.3. The van der Waals surface area contributed by atoms with Gasteiger partial charge in [-0.3, -0.25) is 4.79 Å². The Morgan fingerprint density at radius 1 is 1.07 bits per heavy atom. The number of aromatic nitrogens is 6. The van der Waals surface area contributed by atoms with E-state index in [0.29, 0.717) is 36.7 Å². The third-order valence-corrected chi connectivity index (χ3v) is 7.33. The largest absolute Gasteiger partial charge is 0.455 e. The van der Waals surface area contributed by atoms with E-state index in [2.05, 4.69) is 50.6 Å². The summed E-state index contributed by atoms with van der Waals surface area (Å²) >= 11 is 0. The second-order valence-electron chi connectivity index (χ2n) is 10.8. The number of hydrogen-bond donors (Lipinski definition) is 1. The molecule has 4 aromatic heterocycles. The minimum atomic E-state index is -0.366. The molecule has 1 fully saturated rings. The van der Waals surface area contributed by atoms with Crippen LogP contribution >= 0.6 is 0 Å². The number of nitrogens with one attached hydrogen (secondary N) is 1. The number of fused-ring (bicyclic) bond motifs is 2. The molecule has 0 aliphatic carbocycles. The number of aryl methyl sites for hydroxylation is 2. The maximum atomic E-state index is 12.3. The Hall–Kier alpha value is -5.06. The molecule has 0 radical (unpaired) electrons. The first-order valence-corrected chi connectivity index (χ1v) is 13.4. The monoisotopic (exact) mass is 549 g/mol. The third kappa shape index (κ3) is 5.02. The van der Waals surface area contributed by atoms with Gasteiger partial charge in [0.1, 0.15) is 34.7 Å². The summed E-state index contributed by atoms with van der Waals surface area (Å²) in [4.78, 5) is 39.1. The lowest BCUT2D eigenvalue weighted by Gasteiger charge is -2.47. The van der Waals surface area contributed by atoms with Crippen molar-refractivity contribution in [2.45, 2.75) is 26.3 Å². The molecule has 0 atom stereocenters. The van der Waals surface area contributed by atoms with E-state index < -0.39 is 0 Å². The fourth-order valence-corrected chi connectivity index (χ4v) is 5.23.